The minimum Gasteiger partial charge on any atom is -0.323 e. The average Bonchev–Trinajstić information content (AvgIpc) is 2.67. The number of fused-ring (bicyclic) bond motifs is 3. The summed E-state index contributed by atoms with van der Waals surface area (Å²) in [5.74, 6) is 0. The molecule has 0 fully saturated rings. The van der Waals surface area contributed by atoms with E-state index in [4.69, 9.17) is 0 Å². The zero-order chi connectivity index (χ0) is 9.71. The van der Waals surface area contributed by atoms with Crippen LogP contribution in [-0.2, 0) is 6.42 Å². The van der Waals surface area contributed by atoms with Crippen molar-refractivity contribution >= 4 is 16.5 Å². The van der Waals surface area contributed by atoms with Crippen molar-refractivity contribution in [2.75, 3.05) is 0 Å². The van der Waals surface area contributed by atoms with Crippen LogP contribution in [0.25, 0.3) is 16.5 Å². The predicted octanol–water partition coefficient (Wildman–Crippen LogP) is 3.45. The van der Waals surface area contributed by atoms with Crippen molar-refractivity contribution in [1.29, 1.82) is 0 Å². The molecule has 0 bridgehead atoms. The lowest BCUT2D eigenvalue weighted by Crippen LogP contribution is -1.88. The lowest BCUT2D eigenvalue weighted by Gasteiger charge is -1.98. The summed E-state index contributed by atoms with van der Waals surface area (Å²) in [4.78, 5) is 0. The van der Waals surface area contributed by atoms with Crippen LogP contribution in [0.3, 0.4) is 0 Å². The van der Waals surface area contributed by atoms with Crippen molar-refractivity contribution in [3.63, 3.8) is 0 Å². The van der Waals surface area contributed by atoms with E-state index in [0.717, 1.165) is 6.42 Å². The van der Waals surface area contributed by atoms with Gasteiger partial charge in [-0.15, -0.1) is 0 Å². The Kier molecular flexibility index (Phi) is 1.41. The van der Waals surface area contributed by atoms with Crippen LogP contribution in [0.2, 0.25) is 0 Å². The highest BCUT2D eigenvalue weighted by atomic mass is 15.0. The van der Waals surface area contributed by atoms with Crippen LogP contribution >= 0.6 is 0 Å². The molecule has 1 nitrogen and oxygen atoms in total. The molecule has 0 unspecified atom stereocenters. The number of nitrogens with zero attached hydrogens (tertiary/aromatic N) is 1. The molecule has 70 valence electrons. The Labute approximate surface area is 83.7 Å². The van der Waals surface area contributed by atoms with Crippen LogP contribution in [0.5, 0.6) is 0 Å². The van der Waals surface area contributed by atoms with E-state index in [1.54, 1.807) is 0 Å². The number of hydrogen-bond acceptors (Lipinski definition) is 0. The van der Waals surface area contributed by atoms with E-state index in [-0.39, 0.29) is 0 Å². The van der Waals surface area contributed by atoms with Gasteiger partial charge in [0, 0.05) is 34.8 Å². The van der Waals surface area contributed by atoms with Crippen LogP contribution < -0.4 is 0 Å². The SMILES string of the molecule is CC1=C(C)n2cc3ccccc3c2C1. The number of rotatable bonds is 0. The fourth-order valence-electron chi connectivity index (χ4n) is 2.28. The standard InChI is InChI=1S/C13H13N/c1-9-7-13-12-6-4-3-5-11(12)8-14(13)10(9)2/h3-6,8H,7H2,1-2H3. The normalized spacial score (nSPS) is 15.3. The van der Waals surface area contributed by atoms with E-state index in [2.05, 4.69) is 48.9 Å². The average molecular weight is 183 g/mol. The second-order valence-corrected chi connectivity index (χ2v) is 4.08. The molecule has 1 aromatic heterocycles. The molecule has 0 amide bonds. The quantitative estimate of drug-likeness (QED) is 0.589. The molecule has 2 aromatic rings. The van der Waals surface area contributed by atoms with Gasteiger partial charge in [-0.25, -0.2) is 0 Å². The zero-order valence-corrected chi connectivity index (χ0v) is 8.54. The summed E-state index contributed by atoms with van der Waals surface area (Å²) >= 11 is 0. The topological polar surface area (TPSA) is 4.93 Å². The van der Waals surface area contributed by atoms with Gasteiger partial charge in [-0.3, -0.25) is 0 Å². The van der Waals surface area contributed by atoms with E-state index in [1.165, 1.54) is 27.7 Å². The van der Waals surface area contributed by atoms with Gasteiger partial charge in [-0.2, -0.15) is 0 Å². The molecule has 3 rings (SSSR count). The predicted molar refractivity (Wildman–Crippen MR) is 60.2 cm³/mol. The second kappa shape index (κ2) is 2.50. The van der Waals surface area contributed by atoms with Crippen LogP contribution in [0, 0.1) is 0 Å². The summed E-state index contributed by atoms with van der Waals surface area (Å²) in [7, 11) is 0. The molecule has 2 heterocycles. The minimum atomic E-state index is 1.11. The number of aromatic nitrogens is 1. The molecule has 1 heteroatoms. The van der Waals surface area contributed by atoms with Crippen LogP contribution in [0.4, 0.5) is 0 Å². The molecule has 14 heavy (non-hydrogen) atoms. The summed E-state index contributed by atoms with van der Waals surface area (Å²) in [6.45, 7) is 4.42. The van der Waals surface area contributed by atoms with Gasteiger partial charge in [0.25, 0.3) is 0 Å². The van der Waals surface area contributed by atoms with Gasteiger partial charge < -0.3 is 4.57 Å². The molecule has 0 spiro atoms. The molecule has 0 saturated heterocycles. The van der Waals surface area contributed by atoms with E-state index < -0.39 is 0 Å². The summed E-state index contributed by atoms with van der Waals surface area (Å²) in [6, 6.07) is 8.62. The van der Waals surface area contributed by atoms with Gasteiger partial charge in [0.2, 0.25) is 0 Å². The third kappa shape index (κ3) is 0.844. The fourth-order valence-corrected chi connectivity index (χ4v) is 2.28. The highest BCUT2D eigenvalue weighted by Gasteiger charge is 2.17. The zero-order valence-electron chi connectivity index (χ0n) is 8.54. The monoisotopic (exact) mass is 183 g/mol. The molecule has 0 saturated carbocycles. The molecule has 0 N–H and O–H groups in total. The lowest BCUT2D eigenvalue weighted by atomic mass is 10.1. The maximum Gasteiger partial charge on any atom is 0.0343 e. The first kappa shape index (κ1) is 7.86. The summed E-state index contributed by atoms with van der Waals surface area (Å²) in [5.41, 5.74) is 4.34. The van der Waals surface area contributed by atoms with E-state index in [0.29, 0.717) is 0 Å². The van der Waals surface area contributed by atoms with Crippen molar-refractivity contribution in [2.24, 2.45) is 0 Å². The molecule has 0 aliphatic carbocycles. The van der Waals surface area contributed by atoms with Crippen molar-refractivity contribution in [1.82, 2.24) is 4.57 Å². The Morgan fingerprint density at radius 2 is 1.93 bits per heavy atom. The van der Waals surface area contributed by atoms with Gasteiger partial charge in [0.1, 0.15) is 0 Å². The molecule has 0 atom stereocenters. The fraction of sp³-hybridized carbons (Fsp3) is 0.231. The summed E-state index contributed by atoms with van der Waals surface area (Å²) in [5, 5.41) is 2.76. The third-order valence-corrected chi connectivity index (χ3v) is 3.24. The van der Waals surface area contributed by atoms with Crippen molar-refractivity contribution in [3.8, 4) is 0 Å². The van der Waals surface area contributed by atoms with Gasteiger partial charge in [-0.1, -0.05) is 24.3 Å². The van der Waals surface area contributed by atoms with Gasteiger partial charge in [0.15, 0.2) is 0 Å². The number of hydrogen-bond donors (Lipinski definition) is 0. The molecule has 1 aliphatic rings. The van der Waals surface area contributed by atoms with Crippen molar-refractivity contribution in [3.05, 3.63) is 41.7 Å². The molecular formula is C13H13N. The first-order valence-corrected chi connectivity index (χ1v) is 5.03. The molecule has 1 aromatic carbocycles. The Balaban J connectivity index is 2.39. The van der Waals surface area contributed by atoms with Crippen LogP contribution in [0.1, 0.15) is 19.5 Å². The Morgan fingerprint density at radius 3 is 2.79 bits per heavy atom. The Hall–Kier alpha value is -1.50. The minimum absolute atomic E-state index is 1.11. The highest BCUT2D eigenvalue weighted by Crippen LogP contribution is 2.32. The van der Waals surface area contributed by atoms with Crippen LogP contribution in [-0.4, -0.2) is 4.57 Å². The molecule has 0 radical (unpaired) electrons. The highest BCUT2D eigenvalue weighted by molar-refractivity contribution is 5.88. The van der Waals surface area contributed by atoms with E-state index in [9.17, 15) is 0 Å². The first-order valence-electron chi connectivity index (χ1n) is 5.03. The van der Waals surface area contributed by atoms with Gasteiger partial charge >= 0.3 is 0 Å². The first-order chi connectivity index (χ1) is 6.77. The van der Waals surface area contributed by atoms with E-state index in [1.807, 2.05) is 0 Å². The summed E-state index contributed by atoms with van der Waals surface area (Å²) < 4.78 is 2.33. The second-order valence-electron chi connectivity index (χ2n) is 4.08. The lowest BCUT2D eigenvalue weighted by molar-refractivity contribution is 1.06. The number of benzene rings is 1. The maximum absolute atomic E-state index is 2.33. The molecular weight excluding hydrogens is 170 g/mol. The van der Waals surface area contributed by atoms with Crippen molar-refractivity contribution < 1.29 is 0 Å². The van der Waals surface area contributed by atoms with Gasteiger partial charge in [0.05, 0.1) is 0 Å². The van der Waals surface area contributed by atoms with Gasteiger partial charge in [-0.05, 0) is 19.4 Å². The van der Waals surface area contributed by atoms with Crippen molar-refractivity contribution in [2.45, 2.75) is 20.3 Å². The largest absolute Gasteiger partial charge is 0.323 e. The third-order valence-electron chi connectivity index (χ3n) is 3.24. The Bertz CT molecular complexity index is 543. The van der Waals surface area contributed by atoms with Crippen LogP contribution in [0.15, 0.2) is 36.0 Å². The Morgan fingerprint density at radius 1 is 1.14 bits per heavy atom. The smallest absolute Gasteiger partial charge is 0.0343 e. The van der Waals surface area contributed by atoms with E-state index >= 15 is 0 Å². The maximum atomic E-state index is 2.33. The number of allylic oxidation sites excluding steroid dienone is 2. The molecule has 1 aliphatic heterocycles. The summed E-state index contributed by atoms with van der Waals surface area (Å²) in [6.07, 6.45) is 3.36.